The summed E-state index contributed by atoms with van der Waals surface area (Å²) in [6.45, 7) is 2.09. The molecule has 1 rings (SSSR count). The maximum absolute atomic E-state index is 10.2. The minimum atomic E-state index is 0.0289. The Balaban J connectivity index is 2.58. The van der Waals surface area contributed by atoms with Crippen molar-refractivity contribution in [3.63, 3.8) is 0 Å². The van der Waals surface area contributed by atoms with E-state index in [4.69, 9.17) is 0 Å². The fourth-order valence-corrected chi connectivity index (χ4v) is 0.826. The second-order valence-electron chi connectivity index (χ2n) is 2.34. The van der Waals surface area contributed by atoms with Crippen LogP contribution in [0.15, 0.2) is 24.3 Å². The molecule has 0 bridgehead atoms. The number of carbonyl (C=O) groups excluding carboxylic acids is 1. The predicted molar refractivity (Wildman–Crippen MR) is 37.0 cm³/mol. The van der Waals surface area contributed by atoms with Gasteiger partial charge in [-0.15, -0.1) is 0 Å². The van der Waals surface area contributed by atoms with E-state index in [2.05, 4.69) is 6.92 Å². The zero-order valence-electron chi connectivity index (χ0n) is 5.45. The van der Waals surface area contributed by atoms with Crippen molar-refractivity contribution in [2.75, 3.05) is 0 Å². The van der Waals surface area contributed by atoms with Gasteiger partial charge in [-0.05, 0) is 5.92 Å². The molecule has 48 valence electrons. The Kier molecular flexibility index (Phi) is 1.83. The van der Waals surface area contributed by atoms with Crippen molar-refractivity contribution in [2.45, 2.75) is 6.92 Å². The summed E-state index contributed by atoms with van der Waals surface area (Å²) in [4.78, 5) is 10.2. The van der Waals surface area contributed by atoms with Crippen LogP contribution in [-0.4, -0.2) is 6.29 Å². The van der Waals surface area contributed by atoms with Crippen LogP contribution in [0.3, 0.4) is 0 Å². The molecule has 0 N–H and O–H groups in total. The molecule has 1 heteroatoms. The highest BCUT2D eigenvalue weighted by Gasteiger charge is 2.02. The van der Waals surface area contributed by atoms with Crippen LogP contribution in [0, 0.1) is 11.8 Å². The smallest absolute Gasteiger partial charge is 0.130 e. The lowest BCUT2D eigenvalue weighted by Crippen LogP contribution is -1.99. The molecular weight excluding hydrogens is 112 g/mol. The molecule has 0 radical (unpaired) electrons. The molecule has 1 aliphatic carbocycles. The van der Waals surface area contributed by atoms with Gasteiger partial charge in [-0.1, -0.05) is 31.2 Å². The van der Waals surface area contributed by atoms with E-state index in [-0.39, 0.29) is 5.92 Å². The van der Waals surface area contributed by atoms with Crippen LogP contribution in [0.4, 0.5) is 0 Å². The van der Waals surface area contributed by atoms with Crippen molar-refractivity contribution in [1.82, 2.24) is 0 Å². The van der Waals surface area contributed by atoms with Crippen molar-refractivity contribution in [3.8, 4) is 0 Å². The highest BCUT2D eigenvalue weighted by atomic mass is 16.1. The first kappa shape index (κ1) is 6.27. The number of aldehydes is 1. The standard InChI is InChI=1S/C8H10O/c1-7-2-4-8(6-9)5-3-7/h2-8H,1H3. The Morgan fingerprint density at radius 3 is 2.22 bits per heavy atom. The van der Waals surface area contributed by atoms with Crippen LogP contribution in [0.1, 0.15) is 6.92 Å². The molecule has 0 atom stereocenters. The van der Waals surface area contributed by atoms with Crippen LogP contribution in [0.5, 0.6) is 0 Å². The van der Waals surface area contributed by atoms with E-state index >= 15 is 0 Å². The third-order valence-corrected chi connectivity index (χ3v) is 1.43. The molecule has 0 aromatic rings. The van der Waals surface area contributed by atoms with Crippen molar-refractivity contribution in [2.24, 2.45) is 11.8 Å². The second kappa shape index (κ2) is 2.62. The Hall–Kier alpha value is -0.850. The van der Waals surface area contributed by atoms with Gasteiger partial charge in [-0.25, -0.2) is 0 Å². The lowest BCUT2D eigenvalue weighted by molar-refractivity contribution is -0.108. The molecule has 0 aromatic heterocycles. The number of allylic oxidation sites excluding steroid dienone is 4. The summed E-state index contributed by atoms with van der Waals surface area (Å²) < 4.78 is 0. The summed E-state index contributed by atoms with van der Waals surface area (Å²) in [7, 11) is 0. The molecule has 1 nitrogen and oxygen atoms in total. The first-order chi connectivity index (χ1) is 4.33. The molecule has 0 unspecified atom stereocenters. The van der Waals surface area contributed by atoms with Gasteiger partial charge in [0.25, 0.3) is 0 Å². The van der Waals surface area contributed by atoms with Gasteiger partial charge >= 0.3 is 0 Å². The summed E-state index contributed by atoms with van der Waals surface area (Å²) in [6, 6.07) is 0. The highest BCUT2D eigenvalue weighted by molar-refractivity contribution is 5.60. The maximum Gasteiger partial charge on any atom is 0.130 e. The van der Waals surface area contributed by atoms with Gasteiger partial charge in [-0.3, -0.25) is 0 Å². The van der Waals surface area contributed by atoms with E-state index in [0.29, 0.717) is 5.92 Å². The van der Waals surface area contributed by atoms with Crippen molar-refractivity contribution >= 4 is 6.29 Å². The lowest BCUT2D eigenvalue weighted by Gasteiger charge is -2.06. The quantitative estimate of drug-likeness (QED) is 0.381. The first-order valence-electron chi connectivity index (χ1n) is 3.15. The average Bonchev–Trinajstić information content (AvgIpc) is 1.90. The zero-order valence-corrected chi connectivity index (χ0v) is 5.45. The SMILES string of the molecule is CC1C=CC(C=O)C=C1. The summed E-state index contributed by atoms with van der Waals surface area (Å²) in [5.41, 5.74) is 0. The Morgan fingerprint density at radius 2 is 1.78 bits per heavy atom. The van der Waals surface area contributed by atoms with Gasteiger partial charge in [0.05, 0.1) is 5.92 Å². The van der Waals surface area contributed by atoms with Gasteiger partial charge in [0.1, 0.15) is 6.29 Å². The lowest BCUT2D eigenvalue weighted by atomic mass is 9.99. The van der Waals surface area contributed by atoms with Crippen molar-refractivity contribution < 1.29 is 4.79 Å². The first-order valence-corrected chi connectivity index (χ1v) is 3.15. The average molecular weight is 122 g/mol. The molecule has 1 aliphatic rings. The summed E-state index contributed by atoms with van der Waals surface area (Å²) >= 11 is 0. The van der Waals surface area contributed by atoms with Crippen LogP contribution in [0.25, 0.3) is 0 Å². The number of hydrogen-bond donors (Lipinski definition) is 0. The molecule has 0 saturated heterocycles. The second-order valence-corrected chi connectivity index (χ2v) is 2.34. The predicted octanol–water partition coefficient (Wildman–Crippen LogP) is 1.56. The van der Waals surface area contributed by atoms with Crippen molar-refractivity contribution in [1.29, 1.82) is 0 Å². The molecule has 0 heterocycles. The molecule has 0 fully saturated rings. The Labute approximate surface area is 55.1 Å². The van der Waals surface area contributed by atoms with E-state index < -0.39 is 0 Å². The number of carbonyl (C=O) groups is 1. The minimum Gasteiger partial charge on any atom is -0.302 e. The Morgan fingerprint density at radius 1 is 1.22 bits per heavy atom. The van der Waals surface area contributed by atoms with Crippen LogP contribution in [-0.2, 0) is 4.79 Å². The summed E-state index contributed by atoms with van der Waals surface area (Å²) in [6.07, 6.45) is 8.88. The molecule has 0 saturated carbocycles. The number of rotatable bonds is 1. The number of hydrogen-bond acceptors (Lipinski definition) is 1. The fraction of sp³-hybridized carbons (Fsp3) is 0.375. The third kappa shape index (κ3) is 1.53. The van der Waals surface area contributed by atoms with Crippen LogP contribution >= 0.6 is 0 Å². The van der Waals surface area contributed by atoms with Gasteiger partial charge in [0.15, 0.2) is 0 Å². The third-order valence-electron chi connectivity index (χ3n) is 1.43. The summed E-state index contributed by atoms with van der Waals surface area (Å²) in [5, 5.41) is 0. The molecule has 0 spiro atoms. The molecule has 0 aliphatic heterocycles. The molecule has 9 heavy (non-hydrogen) atoms. The minimum absolute atomic E-state index is 0.0289. The van der Waals surface area contributed by atoms with E-state index in [0.717, 1.165) is 6.29 Å². The Bertz CT molecular complexity index is 142. The largest absolute Gasteiger partial charge is 0.302 e. The maximum atomic E-state index is 10.2. The van der Waals surface area contributed by atoms with Crippen molar-refractivity contribution in [3.05, 3.63) is 24.3 Å². The van der Waals surface area contributed by atoms with E-state index in [1.807, 2.05) is 24.3 Å². The summed E-state index contributed by atoms with van der Waals surface area (Å²) in [5.74, 6) is 0.530. The molecule has 0 aromatic carbocycles. The van der Waals surface area contributed by atoms with E-state index in [1.165, 1.54) is 0 Å². The molecule has 0 amide bonds. The van der Waals surface area contributed by atoms with E-state index in [9.17, 15) is 4.79 Å². The van der Waals surface area contributed by atoms with Crippen LogP contribution in [0.2, 0.25) is 0 Å². The monoisotopic (exact) mass is 122 g/mol. The van der Waals surface area contributed by atoms with Gasteiger partial charge in [0, 0.05) is 0 Å². The van der Waals surface area contributed by atoms with E-state index in [1.54, 1.807) is 0 Å². The normalized spacial score (nSPS) is 32.6. The van der Waals surface area contributed by atoms with Gasteiger partial charge < -0.3 is 4.79 Å². The van der Waals surface area contributed by atoms with Gasteiger partial charge in [0.2, 0.25) is 0 Å². The van der Waals surface area contributed by atoms with Crippen LogP contribution < -0.4 is 0 Å². The van der Waals surface area contributed by atoms with Gasteiger partial charge in [-0.2, -0.15) is 0 Å². The zero-order chi connectivity index (χ0) is 6.69. The molecular formula is C8H10O. The topological polar surface area (TPSA) is 17.1 Å². The highest BCUT2D eigenvalue weighted by Crippen LogP contribution is 2.11. The fourth-order valence-electron chi connectivity index (χ4n) is 0.826.